The van der Waals surface area contributed by atoms with Crippen LogP contribution in [-0.4, -0.2) is 27.7 Å². The second kappa shape index (κ2) is 7.55. The molecule has 0 spiro atoms. The summed E-state index contributed by atoms with van der Waals surface area (Å²) in [5.41, 5.74) is 0.999. The molecule has 0 unspecified atom stereocenters. The van der Waals surface area contributed by atoms with Crippen LogP contribution in [-0.2, 0) is 21.4 Å². The van der Waals surface area contributed by atoms with Crippen molar-refractivity contribution in [3.8, 4) is 0 Å². The summed E-state index contributed by atoms with van der Waals surface area (Å²) in [5.74, 6) is 0. The van der Waals surface area contributed by atoms with Crippen LogP contribution < -0.4 is 9.44 Å². The Morgan fingerprint density at radius 1 is 1.32 bits per heavy atom. The number of rotatable bonds is 7. The van der Waals surface area contributed by atoms with Crippen LogP contribution in [0.4, 0.5) is 4.79 Å². The van der Waals surface area contributed by atoms with Gasteiger partial charge in [0, 0.05) is 6.54 Å². The molecule has 19 heavy (non-hydrogen) atoms. The standard InChI is InChI=1S/C12H16N2O4S/c1-2-10-18-12(15)14-19(16,17)13-9-8-11-6-4-3-5-7-11/h2-7,13H,1,8-10H2,(H,14,15). The predicted molar refractivity (Wildman–Crippen MR) is 71.7 cm³/mol. The van der Waals surface area contributed by atoms with Crippen molar-refractivity contribution in [1.82, 2.24) is 9.44 Å². The van der Waals surface area contributed by atoms with Gasteiger partial charge in [-0.2, -0.15) is 13.1 Å². The van der Waals surface area contributed by atoms with Crippen molar-refractivity contribution in [2.24, 2.45) is 0 Å². The fourth-order valence-electron chi connectivity index (χ4n) is 1.28. The second-order valence-electron chi connectivity index (χ2n) is 3.62. The molecule has 0 aliphatic heterocycles. The topological polar surface area (TPSA) is 84.5 Å². The highest BCUT2D eigenvalue weighted by Gasteiger charge is 2.13. The smallest absolute Gasteiger partial charge is 0.422 e. The molecule has 0 aliphatic carbocycles. The number of ether oxygens (including phenoxy) is 1. The van der Waals surface area contributed by atoms with E-state index in [9.17, 15) is 13.2 Å². The molecular formula is C12H16N2O4S. The summed E-state index contributed by atoms with van der Waals surface area (Å²) >= 11 is 0. The monoisotopic (exact) mass is 284 g/mol. The second-order valence-corrected chi connectivity index (χ2v) is 5.12. The van der Waals surface area contributed by atoms with Gasteiger partial charge in [0.1, 0.15) is 6.61 Å². The third-order valence-electron chi connectivity index (χ3n) is 2.10. The minimum atomic E-state index is -3.89. The average molecular weight is 284 g/mol. The average Bonchev–Trinajstić information content (AvgIpc) is 2.37. The van der Waals surface area contributed by atoms with E-state index in [-0.39, 0.29) is 13.2 Å². The molecule has 1 aromatic rings. The summed E-state index contributed by atoms with van der Waals surface area (Å²) in [6, 6.07) is 9.40. The summed E-state index contributed by atoms with van der Waals surface area (Å²) in [7, 11) is -3.89. The minimum Gasteiger partial charge on any atom is -0.445 e. The molecule has 104 valence electrons. The maximum atomic E-state index is 11.4. The van der Waals surface area contributed by atoms with Gasteiger partial charge >= 0.3 is 16.3 Å². The van der Waals surface area contributed by atoms with Crippen LogP contribution in [0.2, 0.25) is 0 Å². The highest BCUT2D eigenvalue weighted by molar-refractivity contribution is 7.88. The van der Waals surface area contributed by atoms with E-state index in [1.54, 1.807) is 4.72 Å². The van der Waals surface area contributed by atoms with Gasteiger partial charge in [0.05, 0.1) is 0 Å². The Kier molecular flexibility index (Phi) is 6.04. The normalized spacial score (nSPS) is 10.7. The molecule has 0 atom stereocenters. The highest BCUT2D eigenvalue weighted by atomic mass is 32.2. The van der Waals surface area contributed by atoms with Gasteiger partial charge in [0.15, 0.2) is 0 Å². The Morgan fingerprint density at radius 2 is 2.00 bits per heavy atom. The van der Waals surface area contributed by atoms with E-state index in [2.05, 4.69) is 16.0 Å². The van der Waals surface area contributed by atoms with Crippen LogP contribution in [0.15, 0.2) is 43.0 Å². The van der Waals surface area contributed by atoms with Crippen molar-refractivity contribution in [2.45, 2.75) is 6.42 Å². The van der Waals surface area contributed by atoms with Crippen LogP contribution in [0, 0.1) is 0 Å². The first-order chi connectivity index (χ1) is 9.03. The molecule has 0 aliphatic rings. The van der Waals surface area contributed by atoms with Crippen LogP contribution >= 0.6 is 0 Å². The zero-order chi connectivity index (χ0) is 14.1. The number of hydrogen-bond acceptors (Lipinski definition) is 4. The van der Waals surface area contributed by atoms with E-state index in [4.69, 9.17) is 0 Å². The summed E-state index contributed by atoms with van der Waals surface area (Å²) < 4.78 is 31.4. The number of carbonyl (C=O) groups is 1. The number of amides is 1. The highest BCUT2D eigenvalue weighted by Crippen LogP contribution is 1.98. The largest absolute Gasteiger partial charge is 0.445 e. The van der Waals surface area contributed by atoms with Crippen molar-refractivity contribution in [3.05, 3.63) is 48.6 Å². The van der Waals surface area contributed by atoms with Gasteiger partial charge < -0.3 is 4.74 Å². The lowest BCUT2D eigenvalue weighted by atomic mass is 10.2. The van der Waals surface area contributed by atoms with Crippen LogP contribution in [0.3, 0.4) is 0 Å². The van der Waals surface area contributed by atoms with Crippen molar-refractivity contribution in [2.75, 3.05) is 13.2 Å². The van der Waals surface area contributed by atoms with Gasteiger partial charge in [-0.15, -0.1) is 0 Å². The molecule has 1 amide bonds. The lowest BCUT2D eigenvalue weighted by molar-refractivity contribution is 0.165. The Labute approximate surface area is 112 Å². The maximum absolute atomic E-state index is 11.4. The fraction of sp³-hybridized carbons (Fsp3) is 0.250. The molecule has 0 heterocycles. The maximum Gasteiger partial charge on any atom is 0.422 e. The third kappa shape index (κ3) is 6.58. The Morgan fingerprint density at radius 3 is 2.63 bits per heavy atom. The number of nitrogens with one attached hydrogen (secondary N) is 2. The van der Waals surface area contributed by atoms with Gasteiger partial charge in [0.25, 0.3) is 0 Å². The molecular weight excluding hydrogens is 268 g/mol. The van der Waals surface area contributed by atoms with Crippen molar-refractivity contribution >= 4 is 16.3 Å². The molecule has 0 saturated heterocycles. The zero-order valence-electron chi connectivity index (χ0n) is 10.3. The molecule has 6 nitrogen and oxygen atoms in total. The molecule has 0 radical (unpaired) electrons. The van der Waals surface area contributed by atoms with Crippen LogP contribution in [0.1, 0.15) is 5.56 Å². The molecule has 0 saturated carbocycles. The van der Waals surface area contributed by atoms with Gasteiger partial charge in [-0.25, -0.2) is 9.52 Å². The van der Waals surface area contributed by atoms with Crippen molar-refractivity contribution in [3.63, 3.8) is 0 Å². The number of carbonyl (C=O) groups excluding carboxylic acids is 1. The van der Waals surface area contributed by atoms with Crippen molar-refractivity contribution < 1.29 is 17.9 Å². The van der Waals surface area contributed by atoms with E-state index in [0.29, 0.717) is 6.42 Å². The first kappa shape index (κ1) is 15.2. The van der Waals surface area contributed by atoms with Gasteiger partial charge in [0.2, 0.25) is 0 Å². The van der Waals surface area contributed by atoms with E-state index in [0.717, 1.165) is 5.56 Å². The molecule has 0 fully saturated rings. The van der Waals surface area contributed by atoms with Crippen LogP contribution in [0.25, 0.3) is 0 Å². The predicted octanol–water partition coefficient (Wildman–Crippen LogP) is 0.976. The van der Waals surface area contributed by atoms with Gasteiger partial charge in [-0.3, -0.25) is 0 Å². The van der Waals surface area contributed by atoms with Gasteiger partial charge in [-0.05, 0) is 12.0 Å². The summed E-state index contributed by atoms with van der Waals surface area (Å²) in [6.07, 6.45) is 0.838. The van der Waals surface area contributed by atoms with Crippen LogP contribution in [0.5, 0.6) is 0 Å². The lowest BCUT2D eigenvalue weighted by Crippen LogP contribution is -2.41. The molecule has 2 N–H and O–H groups in total. The molecule has 1 rings (SSSR count). The minimum absolute atomic E-state index is 0.0502. The summed E-state index contributed by atoms with van der Waals surface area (Å²) in [5, 5.41) is 0. The summed E-state index contributed by atoms with van der Waals surface area (Å²) in [6.45, 7) is 3.48. The molecule has 7 heteroatoms. The van der Waals surface area contributed by atoms with Crippen molar-refractivity contribution in [1.29, 1.82) is 0 Å². The molecule has 0 aromatic heterocycles. The molecule has 1 aromatic carbocycles. The quantitative estimate of drug-likeness (QED) is 0.731. The fourth-order valence-corrected chi connectivity index (χ4v) is 2.01. The summed E-state index contributed by atoms with van der Waals surface area (Å²) in [4.78, 5) is 11.1. The van der Waals surface area contributed by atoms with Gasteiger partial charge in [-0.1, -0.05) is 43.0 Å². The SMILES string of the molecule is C=CCOC(=O)NS(=O)(=O)NCCc1ccccc1. The third-order valence-corrected chi connectivity index (χ3v) is 3.12. The van der Waals surface area contributed by atoms with E-state index in [1.165, 1.54) is 6.08 Å². The lowest BCUT2D eigenvalue weighted by Gasteiger charge is -2.08. The molecule has 0 bridgehead atoms. The number of hydrogen-bond donors (Lipinski definition) is 2. The van der Waals surface area contributed by atoms with E-state index in [1.807, 2.05) is 30.3 Å². The number of benzene rings is 1. The first-order valence-corrected chi connectivity index (χ1v) is 7.11. The van der Waals surface area contributed by atoms with E-state index >= 15 is 0 Å². The first-order valence-electron chi connectivity index (χ1n) is 5.62. The Bertz CT molecular complexity index is 514. The Hall–Kier alpha value is -1.86. The Balaban J connectivity index is 2.34. The zero-order valence-corrected chi connectivity index (χ0v) is 11.2. The van der Waals surface area contributed by atoms with E-state index < -0.39 is 16.3 Å².